The number of aromatic nitrogens is 1. The van der Waals surface area contributed by atoms with Crippen LogP contribution in [0.5, 0.6) is 0 Å². The molecular weight excluding hydrogens is 447 g/mol. The van der Waals surface area contributed by atoms with E-state index in [4.69, 9.17) is 4.74 Å². The number of methoxy groups -OCH3 is 1. The average Bonchev–Trinajstić information content (AvgIpc) is 3.01. The molecule has 1 heterocycles. The second kappa shape index (κ2) is 10.6. The lowest BCUT2D eigenvalue weighted by molar-refractivity contribution is 0.0587. The predicted octanol–water partition coefficient (Wildman–Crippen LogP) is 4.36. The molecule has 7 nitrogen and oxygen atoms in total. The summed E-state index contributed by atoms with van der Waals surface area (Å²) in [6.45, 7) is 11.3. The number of nitrogens with zero attached hydrogens (tertiary/aromatic N) is 2. The second-order valence-electron chi connectivity index (χ2n) is 8.46. The fourth-order valence-electron chi connectivity index (χ4n) is 4.00. The Labute approximate surface area is 195 Å². The molecule has 0 aliphatic heterocycles. The first kappa shape index (κ1) is 26.7. The topological polar surface area (TPSA) is 85.7 Å². The zero-order chi connectivity index (χ0) is 25.1. The molecule has 0 saturated heterocycles. The summed E-state index contributed by atoms with van der Waals surface area (Å²) in [6.07, 6.45) is 0.541. The normalized spacial score (nSPS) is 12.9. The Kier molecular flexibility index (Phi) is 8.59. The van der Waals surface area contributed by atoms with Crippen LogP contribution in [0.2, 0.25) is 0 Å². The number of hydrogen-bond acceptors (Lipinski definition) is 5. The van der Waals surface area contributed by atoms with Crippen molar-refractivity contribution in [3.8, 4) is 0 Å². The molecule has 0 fully saturated rings. The van der Waals surface area contributed by atoms with Gasteiger partial charge in [-0.2, -0.15) is 4.31 Å². The van der Waals surface area contributed by atoms with Crippen molar-refractivity contribution >= 4 is 21.8 Å². The van der Waals surface area contributed by atoms with E-state index < -0.39 is 33.6 Å². The summed E-state index contributed by atoms with van der Waals surface area (Å²) >= 11 is 0. The highest BCUT2D eigenvalue weighted by molar-refractivity contribution is 7.89. The molecule has 0 amide bonds. The number of ketones is 1. The standard InChI is InChI=1S/C24H33FN2O5S/c1-8-26-17(5)21(16(4)22(26)24(29)32-7)23(28)18(6)27(14-13-15(2)3)33(30,31)20-11-9-19(25)10-12-20/h9-12,15,18H,8,13-14H2,1-7H3/t18-/m1/s1. The van der Waals surface area contributed by atoms with E-state index in [1.54, 1.807) is 25.3 Å². The third-order valence-corrected chi connectivity index (χ3v) is 7.85. The lowest BCUT2D eigenvalue weighted by Gasteiger charge is -2.28. The van der Waals surface area contributed by atoms with Crippen LogP contribution in [-0.2, 0) is 21.3 Å². The van der Waals surface area contributed by atoms with Crippen molar-refractivity contribution in [2.75, 3.05) is 13.7 Å². The van der Waals surface area contributed by atoms with Gasteiger partial charge in [-0.05, 0) is 69.9 Å². The van der Waals surface area contributed by atoms with Crippen LogP contribution in [0.4, 0.5) is 4.39 Å². The molecule has 0 aliphatic carbocycles. The maximum atomic E-state index is 13.7. The van der Waals surface area contributed by atoms with Gasteiger partial charge in [-0.25, -0.2) is 17.6 Å². The van der Waals surface area contributed by atoms with E-state index in [2.05, 4.69) is 0 Å². The van der Waals surface area contributed by atoms with E-state index in [0.717, 1.165) is 12.1 Å². The Morgan fingerprint density at radius 3 is 2.18 bits per heavy atom. The summed E-state index contributed by atoms with van der Waals surface area (Å²) in [6, 6.07) is 3.53. The highest BCUT2D eigenvalue weighted by Crippen LogP contribution is 2.28. The van der Waals surface area contributed by atoms with Crippen molar-refractivity contribution in [2.24, 2.45) is 5.92 Å². The molecule has 1 atom stereocenters. The van der Waals surface area contributed by atoms with E-state index in [1.807, 2.05) is 20.8 Å². The van der Waals surface area contributed by atoms with Gasteiger partial charge >= 0.3 is 5.97 Å². The average molecular weight is 481 g/mol. The largest absolute Gasteiger partial charge is 0.464 e. The molecule has 2 rings (SSSR count). The zero-order valence-corrected chi connectivity index (χ0v) is 21.1. The smallest absolute Gasteiger partial charge is 0.354 e. The Hall–Kier alpha value is -2.52. The molecule has 0 radical (unpaired) electrons. The molecule has 0 unspecified atom stereocenters. The van der Waals surface area contributed by atoms with Crippen molar-refractivity contribution in [1.29, 1.82) is 0 Å². The van der Waals surface area contributed by atoms with Gasteiger partial charge < -0.3 is 9.30 Å². The van der Waals surface area contributed by atoms with Crippen molar-refractivity contribution in [1.82, 2.24) is 8.87 Å². The first-order valence-electron chi connectivity index (χ1n) is 11.0. The monoisotopic (exact) mass is 480 g/mol. The van der Waals surface area contributed by atoms with Gasteiger partial charge in [0.05, 0.1) is 18.0 Å². The molecule has 0 bridgehead atoms. The first-order chi connectivity index (χ1) is 15.4. The quantitative estimate of drug-likeness (QED) is 0.373. The van der Waals surface area contributed by atoms with Crippen molar-refractivity contribution in [2.45, 2.75) is 65.4 Å². The van der Waals surface area contributed by atoms with E-state index in [-0.39, 0.29) is 23.1 Å². The third kappa shape index (κ3) is 5.35. The molecule has 2 aromatic rings. The number of Topliss-reactive ketones (excluding diaryl/α,β-unsaturated/α-hetero) is 1. The fourth-order valence-corrected chi connectivity index (χ4v) is 5.61. The molecule has 1 aromatic carbocycles. The van der Waals surface area contributed by atoms with Crippen LogP contribution < -0.4 is 0 Å². The summed E-state index contributed by atoms with van der Waals surface area (Å²) in [5, 5.41) is 0. The van der Waals surface area contributed by atoms with Gasteiger partial charge in [-0.15, -0.1) is 0 Å². The Morgan fingerprint density at radius 1 is 1.12 bits per heavy atom. The van der Waals surface area contributed by atoms with E-state index >= 15 is 0 Å². The Bertz CT molecular complexity index is 1120. The van der Waals surface area contributed by atoms with Crippen LogP contribution in [0.3, 0.4) is 0 Å². The maximum Gasteiger partial charge on any atom is 0.354 e. The minimum absolute atomic E-state index is 0.0814. The van der Waals surface area contributed by atoms with Gasteiger partial charge in [0.1, 0.15) is 11.5 Å². The summed E-state index contributed by atoms with van der Waals surface area (Å²) < 4.78 is 48.1. The van der Waals surface area contributed by atoms with Crippen LogP contribution in [0.15, 0.2) is 29.2 Å². The molecule has 33 heavy (non-hydrogen) atoms. The van der Waals surface area contributed by atoms with Gasteiger partial charge in [-0.1, -0.05) is 13.8 Å². The van der Waals surface area contributed by atoms with Crippen LogP contribution in [0.25, 0.3) is 0 Å². The zero-order valence-electron chi connectivity index (χ0n) is 20.3. The molecule has 0 N–H and O–H groups in total. The molecule has 182 valence electrons. The molecule has 0 spiro atoms. The van der Waals surface area contributed by atoms with E-state index in [9.17, 15) is 22.4 Å². The van der Waals surface area contributed by atoms with E-state index in [1.165, 1.54) is 23.5 Å². The van der Waals surface area contributed by atoms with Gasteiger partial charge in [0, 0.05) is 24.3 Å². The number of benzene rings is 1. The highest BCUT2D eigenvalue weighted by atomic mass is 32.2. The maximum absolute atomic E-state index is 13.7. The molecular formula is C24H33FN2O5S. The van der Waals surface area contributed by atoms with Gasteiger partial charge in [0.15, 0.2) is 5.78 Å². The lowest BCUT2D eigenvalue weighted by Crippen LogP contribution is -2.44. The predicted molar refractivity (Wildman–Crippen MR) is 124 cm³/mol. The van der Waals surface area contributed by atoms with Crippen LogP contribution >= 0.6 is 0 Å². The highest BCUT2D eigenvalue weighted by Gasteiger charge is 2.36. The fraction of sp³-hybridized carbons (Fsp3) is 0.500. The molecule has 0 aliphatic rings. The SMILES string of the molecule is CCn1c(C)c(C(=O)[C@@H](C)N(CCC(C)C)S(=O)(=O)c2ccc(F)cc2)c(C)c1C(=O)OC. The first-order valence-corrected chi connectivity index (χ1v) is 12.4. The number of halogens is 1. The molecule has 1 aromatic heterocycles. The minimum Gasteiger partial charge on any atom is -0.464 e. The number of hydrogen-bond donors (Lipinski definition) is 0. The number of ether oxygens (including phenoxy) is 1. The second-order valence-corrected chi connectivity index (χ2v) is 10.4. The van der Waals surface area contributed by atoms with Crippen molar-refractivity contribution in [3.05, 3.63) is 52.6 Å². The minimum atomic E-state index is -4.07. The summed E-state index contributed by atoms with van der Waals surface area (Å²) in [5.41, 5.74) is 1.63. The molecule has 0 saturated carbocycles. The summed E-state index contributed by atoms with van der Waals surface area (Å²) in [4.78, 5) is 25.9. The van der Waals surface area contributed by atoms with Crippen molar-refractivity contribution < 1.29 is 27.1 Å². The summed E-state index contributed by atoms with van der Waals surface area (Å²) in [7, 11) is -2.80. The number of carbonyl (C=O) groups excluding carboxylic acids is 2. The third-order valence-electron chi connectivity index (χ3n) is 5.87. The van der Waals surface area contributed by atoms with Crippen LogP contribution in [0.1, 0.15) is 66.2 Å². The van der Waals surface area contributed by atoms with Gasteiger partial charge in [0.25, 0.3) is 0 Å². The number of rotatable bonds is 10. The Morgan fingerprint density at radius 2 is 1.70 bits per heavy atom. The van der Waals surface area contributed by atoms with E-state index in [0.29, 0.717) is 29.8 Å². The van der Waals surface area contributed by atoms with Crippen LogP contribution in [-0.4, -0.2) is 48.7 Å². The number of esters is 1. The number of sulfonamides is 1. The van der Waals surface area contributed by atoms with Crippen LogP contribution in [0, 0.1) is 25.6 Å². The van der Waals surface area contributed by atoms with Crippen molar-refractivity contribution in [3.63, 3.8) is 0 Å². The Balaban J connectivity index is 2.58. The van der Waals surface area contributed by atoms with Gasteiger partial charge in [0.2, 0.25) is 10.0 Å². The summed E-state index contributed by atoms with van der Waals surface area (Å²) in [5.74, 6) is -1.31. The lowest BCUT2D eigenvalue weighted by atomic mass is 10.0. The van der Waals surface area contributed by atoms with Gasteiger partial charge in [-0.3, -0.25) is 4.79 Å². The molecule has 9 heteroatoms. The number of carbonyl (C=O) groups is 2.